The average Bonchev–Trinajstić information content (AvgIpc) is 2.87. The molecule has 20 heavy (non-hydrogen) atoms. The molecule has 0 unspecified atom stereocenters. The normalized spacial score (nSPS) is 12.0. The summed E-state index contributed by atoms with van der Waals surface area (Å²) in [5.41, 5.74) is 1.54. The van der Waals surface area contributed by atoms with Gasteiger partial charge in [-0.2, -0.15) is 4.31 Å². The lowest BCUT2D eigenvalue weighted by Crippen LogP contribution is -2.27. The summed E-state index contributed by atoms with van der Waals surface area (Å²) < 4.78 is 26.2. The Morgan fingerprint density at radius 2 is 2.10 bits per heavy atom. The summed E-state index contributed by atoms with van der Waals surface area (Å²) in [7, 11) is -2.09. The number of hydrogen-bond donors (Lipinski definition) is 1. The smallest absolute Gasteiger partial charge is 0.244 e. The fourth-order valence-corrected chi connectivity index (χ4v) is 4.25. The quantitative estimate of drug-likeness (QED) is 0.913. The van der Waals surface area contributed by atoms with Crippen molar-refractivity contribution < 1.29 is 13.5 Å². The zero-order valence-corrected chi connectivity index (χ0v) is 12.9. The van der Waals surface area contributed by atoms with Crippen molar-refractivity contribution in [2.45, 2.75) is 25.0 Å². The molecule has 0 bridgehead atoms. The van der Waals surface area contributed by atoms with Crippen LogP contribution in [0, 0.1) is 6.92 Å². The van der Waals surface area contributed by atoms with E-state index in [2.05, 4.69) is 4.98 Å². The number of thiophene rings is 1. The van der Waals surface area contributed by atoms with Crippen LogP contribution >= 0.6 is 11.3 Å². The minimum atomic E-state index is -3.61. The SMILES string of the molecule is Cc1cccc(CN(C)S(=O)(=O)c2ccsc2CO)n1. The third-order valence-corrected chi connectivity index (χ3v) is 5.79. The van der Waals surface area contributed by atoms with Gasteiger partial charge in [-0.3, -0.25) is 4.98 Å². The third kappa shape index (κ3) is 3.06. The van der Waals surface area contributed by atoms with E-state index >= 15 is 0 Å². The summed E-state index contributed by atoms with van der Waals surface area (Å²) in [6.07, 6.45) is 0. The molecule has 0 radical (unpaired) electrons. The highest BCUT2D eigenvalue weighted by atomic mass is 32.2. The lowest BCUT2D eigenvalue weighted by atomic mass is 10.3. The molecule has 0 amide bonds. The summed E-state index contributed by atoms with van der Waals surface area (Å²) in [5.74, 6) is 0. The van der Waals surface area contributed by atoms with Gasteiger partial charge in [0.25, 0.3) is 0 Å². The predicted octanol–water partition coefficient (Wildman–Crippen LogP) is 1.76. The van der Waals surface area contributed by atoms with Crippen LogP contribution in [0.5, 0.6) is 0 Å². The predicted molar refractivity (Wildman–Crippen MR) is 77.9 cm³/mol. The van der Waals surface area contributed by atoms with Crippen molar-refractivity contribution in [1.29, 1.82) is 0 Å². The number of aliphatic hydroxyl groups excluding tert-OH is 1. The van der Waals surface area contributed by atoms with Crippen LogP contribution < -0.4 is 0 Å². The molecule has 7 heteroatoms. The molecule has 2 aromatic rings. The molecular weight excluding hydrogens is 296 g/mol. The van der Waals surface area contributed by atoms with E-state index in [9.17, 15) is 13.5 Å². The first-order chi connectivity index (χ1) is 9.45. The summed E-state index contributed by atoms with van der Waals surface area (Å²) in [6.45, 7) is 1.79. The highest BCUT2D eigenvalue weighted by Crippen LogP contribution is 2.25. The lowest BCUT2D eigenvalue weighted by molar-refractivity contribution is 0.282. The van der Waals surface area contributed by atoms with Gasteiger partial charge < -0.3 is 5.11 Å². The minimum Gasteiger partial charge on any atom is -0.391 e. The number of aromatic nitrogens is 1. The highest BCUT2D eigenvalue weighted by molar-refractivity contribution is 7.89. The van der Waals surface area contributed by atoms with Gasteiger partial charge in [0, 0.05) is 17.6 Å². The first kappa shape index (κ1) is 15.1. The summed E-state index contributed by atoms with van der Waals surface area (Å²) in [4.78, 5) is 4.92. The lowest BCUT2D eigenvalue weighted by Gasteiger charge is -2.17. The van der Waals surface area contributed by atoms with Gasteiger partial charge in [-0.05, 0) is 30.5 Å². The van der Waals surface area contributed by atoms with Gasteiger partial charge in [-0.1, -0.05) is 6.07 Å². The zero-order chi connectivity index (χ0) is 14.8. The van der Waals surface area contributed by atoms with E-state index in [1.54, 1.807) is 11.4 Å². The van der Waals surface area contributed by atoms with Crippen LogP contribution in [-0.4, -0.2) is 29.9 Å². The van der Waals surface area contributed by atoms with Crippen LogP contribution in [0.15, 0.2) is 34.5 Å². The fourth-order valence-electron chi connectivity index (χ4n) is 1.84. The Bertz CT molecular complexity index is 695. The molecule has 1 N–H and O–H groups in total. The van der Waals surface area contributed by atoms with E-state index in [1.165, 1.54) is 28.8 Å². The van der Waals surface area contributed by atoms with Crippen molar-refractivity contribution >= 4 is 21.4 Å². The van der Waals surface area contributed by atoms with E-state index in [0.717, 1.165) is 5.69 Å². The maximum Gasteiger partial charge on any atom is 0.244 e. The van der Waals surface area contributed by atoms with Gasteiger partial charge in [0.05, 0.1) is 23.7 Å². The molecule has 0 saturated carbocycles. The van der Waals surface area contributed by atoms with Crippen LogP contribution in [0.3, 0.4) is 0 Å². The van der Waals surface area contributed by atoms with Crippen molar-refractivity contribution in [1.82, 2.24) is 9.29 Å². The van der Waals surface area contributed by atoms with Gasteiger partial charge in [-0.25, -0.2) is 8.42 Å². The van der Waals surface area contributed by atoms with Crippen molar-refractivity contribution in [3.05, 3.63) is 45.9 Å². The van der Waals surface area contributed by atoms with Crippen LogP contribution in [0.25, 0.3) is 0 Å². The number of pyridine rings is 1. The van der Waals surface area contributed by atoms with Gasteiger partial charge in [0.15, 0.2) is 0 Å². The van der Waals surface area contributed by atoms with E-state index in [4.69, 9.17) is 0 Å². The number of aliphatic hydroxyl groups is 1. The molecule has 0 aliphatic heterocycles. The standard InChI is InChI=1S/C13H16N2O3S2/c1-10-4-3-5-11(14-10)8-15(2)20(17,18)13-6-7-19-12(13)9-16/h3-7,16H,8-9H2,1-2H3. The van der Waals surface area contributed by atoms with Crippen molar-refractivity contribution in [3.8, 4) is 0 Å². The average molecular weight is 312 g/mol. The molecule has 0 aliphatic rings. The van der Waals surface area contributed by atoms with Crippen LogP contribution in [0.1, 0.15) is 16.3 Å². The van der Waals surface area contributed by atoms with Crippen LogP contribution in [-0.2, 0) is 23.2 Å². The van der Waals surface area contributed by atoms with Crippen LogP contribution in [0.2, 0.25) is 0 Å². The second-order valence-electron chi connectivity index (χ2n) is 4.40. The van der Waals surface area contributed by atoms with Gasteiger partial charge in [-0.15, -0.1) is 11.3 Å². The molecule has 2 rings (SSSR count). The van der Waals surface area contributed by atoms with E-state index in [0.29, 0.717) is 10.6 Å². The maximum absolute atomic E-state index is 12.5. The minimum absolute atomic E-state index is 0.167. The molecule has 0 aliphatic carbocycles. The summed E-state index contributed by atoms with van der Waals surface area (Å²) >= 11 is 1.23. The maximum atomic E-state index is 12.5. The Kier molecular flexibility index (Phi) is 4.54. The second kappa shape index (κ2) is 6.01. The van der Waals surface area contributed by atoms with Crippen molar-refractivity contribution in [2.24, 2.45) is 0 Å². The molecule has 0 aromatic carbocycles. The molecule has 0 spiro atoms. The molecular formula is C13H16N2O3S2. The Morgan fingerprint density at radius 3 is 2.75 bits per heavy atom. The highest BCUT2D eigenvalue weighted by Gasteiger charge is 2.25. The number of sulfonamides is 1. The number of rotatable bonds is 5. The third-order valence-electron chi connectivity index (χ3n) is 2.87. The molecule has 108 valence electrons. The van der Waals surface area contributed by atoms with Crippen molar-refractivity contribution in [2.75, 3.05) is 7.05 Å². The summed E-state index contributed by atoms with van der Waals surface area (Å²) in [5, 5.41) is 10.9. The topological polar surface area (TPSA) is 70.5 Å². The number of aryl methyl sites for hydroxylation is 1. The molecule has 2 aromatic heterocycles. The Balaban J connectivity index is 2.26. The van der Waals surface area contributed by atoms with Gasteiger partial charge in [0.1, 0.15) is 0 Å². The van der Waals surface area contributed by atoms with Gasteiger partial charge >= 0.3 is 0 Å². The zero-order valence-electron chi connectivity index (χ0n) is 11.3. The van der Waals surface area contributed by atoms with Gasteiger partial charge in [0.2, 0.25) is 10.0 Å². The Hall–Kier alpha value is -1.28. The molecule has 2 heterocycles. The first-order valence-electron chi connectivity index (χ1n) is 6.01. The Morgan fingerprint density at radius 1 is 1.35 bits per heavy atom. The molecule has 0 atom stereocenters. The molecule has 0 saturated heterocycles. The number of nitrogens with zero attached hydrogens (tertiary/aromatic N) is 2. The van der Waals surface area contributed by atoms with E-state index < -0.39 is 10.0 Å². The monoisotopic (exact) mass is 312 g/mol. The van der Waals surface area contributed by atoms with Crippen molar-refractivity contribution in [3.63, 3.8) is 0 Å². The van der Waals surface area contributed by atoms with E-state index in [1.807, 2.05) is 19.1 Å². The molecule has 5 nitrogen and oxygen atoms in total. The number of hydrogen-bond acceptors (Lipinski definition) is 5. The largest absolute Gasteiger partial charge is 0.391 e. The first-order valence-corrected chi connectivity index (χ1v) is 8.33. The summed E-state index contributed by atoms with van der Waals surface area (Å²) in [6, 6.07) is 7.02. The molecule has 0 fully saturated rings. The van der Waals surface area contributed by atoms with Crippen LogP contribution in [0.4, 0.5) is 0 Å². The fraction of sp³-hybridized carbons (Fsp3) is 0.308. The van der Waals surface area contributed by atoms with E-state index in [-0.39, 0.29) is 18.0 Å². The Labute approximate surface area is 122 Å². The second-order valence-corrected chi connectivity index (χ2v) is 7.41.